The third-order valence-electron chi connectivity index (χ3n) is 6.96. The van der Waals surface area contributed by atoms with E-state index in [1.54, 1.807) is 21.7 Å². The lowest BCUT2D eigenvalue weighted by molar-refractivity contribution is -0.142. The van der Waals surface area contributed by atoms with Gasteiger partial charge in [-0.25, -0.2) is 4.68 Å². The van der Waals surface area contributed by atoms with Crippen molar-refractivity contribution in [3.05, 3.63) is 70.4 Å². The standard InChI is InChI=1S/C28H31N5O4S/c1-37-25-14-13-19(16-24(25)34)27(28(36)29-20-8-3-2-4-9-20)32(17-21-10-7-15-38-21)26(35)18-33-23-12-6-5-11-22(23)30-31-33/h5-7,10-16,20,27,34H,2-4,8-9,17-18H2,1H3,(H,29,36)/t27-/m1/s1. The van der Waals surface area contributed by atoms with Crippen LogP contribution in [0.4, 0.5) is 0 Å². The van der Waals surface area contributed by atoms with Gasteiger partial charge in [0, 0.05) is 10.9 Å². The number of nitrogens with one attached hydrogen (secondary N) is 1. The van der Waals surface area contributed by atoms with E-state index in [-0.39, 0.29) is 36.7 Å². The molecule has 10 heteroatoms. The minimum Gasteiger partial charge on any atom is -0.504 e. The molecule has 2 N–H and O–H groups in total. The number of aromatic hydroxyl groups is 1. The second kappa shape index (κ2) is 11.6. The molecule has 1 saturated carbocycles. The first kappa shape index (κ1) is 25.7. The zero-order valence-electron chi connectivity index (χ0n) is 21.2. The number of para-hydroxylation sites is 1. The zero-order chi connectivity index (χ0) is 26.5. The number of hydrogen-bond donors (Lipinski definition) is 2. The summed E-state index contributed by atoms with van der Waals surface area (Å²) in [5.74, 6) is -0.348. The lowest BCUT2D eigenvalue weighted by atomic mass is 9.94. The van der Waals surface area contributed by atoms with Crippen LogP contribution < -0.4 is 10.1 Å². The molecular formula is C28H31N5O4S. The predicted octanol–water partition coefficient (Wildman–Crippen LogP) is 4.43. The van der Waals surface area contributed by atoms with Crippen LogP contribution in [0.15, 0.2) is 60.0 Å². The van der Waals surface area contributed by atoms with E-state index in [9.17, 15) is 14.7 Å². The molecule has 1 aliphatic rings. The van der Waals surface area contributed by atoms with Gasteiger partial charge in [0.05, 0.1) is 19.2 Å². The Morgan fingerprint density at radius 1 is 1.16 bits per heavy atom. The number of fused-ring (bicyclic) bond motifs is 1. The van der Waals surface area contributed by atoms with Crippen molar-refractivity contribution in [1.82, 2.24) is 25.2 Å². The average Bonchev–Trinajstić information content (AvgIpc) is 3.59. The summed E-state index contributed by atoms with van der Waals surface area (Å²) < 4.78 is 6.77. The third-order valence-corrected chi connectivity index (χ3v) is 7.82. The molecule has 0 bridgehead atoms. The predicted molar refractivity (Wildman–Crippen MR) is 145 cm³/mol. The highest BCUT2D eigenvalue weighted by molar-refractivity contribution is 7.09. The van der Waals surface area contributed by atoms with Gasteiger partial charge in [0.2, 0.25) is 11.8 Å². The molecular weight excluding hydrogens is 502 g/mol. The number of nitrogens with zero attached hydrogens (tertiary/aromatic N) is 4. The van der Waals surface area contributed by atoms with Crippen molar-refractivity contribution in [3.8, 4) is 11.5 Å². The van der Waals surface area contributed by atoms with Crippen molar-refractivity contribution in [3.63, 3.8) is 0 Å². The molecule has 4 aromatic rings. The van der Waals surface area contributed by atoms with Gasteiger partial charge in [-0.15, -0.1) is 16.4 Å². The van der Waals surface area contributed by atoms with Gasteiger partial charge in [-0.05, 0) is 54.1 Å². The fourth-order valence-corrected chi connectivity index (χ4v) is 5.73. The van der Waals surface area contributed by atoms with Crippen molar-refractivity contribution in [1.29, 1.82) is 0 Å². The minimum atomic E-state index is -0.960. The highest BCUT2D eigenvalue weighted by atomic mass is 32.1. The van der Waals surface area contributed by atoms with Gasteiger partial charge in [-0.1, -0.05) is 48.7 Å². The number of methoxy groups -OCH3 is 1. The maximum absolute atomic E-state index is 14.0. The summed E-state index contributed by atoms with van der Waals surface area (Å²) in [6, 6.07) is 15.2. The van der Waals surface area contributed by atoms with Gasteiger partial charge in [-0.3, -0.25) is 9.59 Å². The van der Waals surface area contributed by atoms with Crippen LogP contribution in [0.1, 0.15) is 48.6 Å². The number of carbonyl (C=O) groups excluding carboxylic acids is 2. The normalized spacial score (nSPS) is 14.8. The molecule has 0 radical (unpaired) electrons. The summed E-state index contributed by atoms with van der Waals surface area (Å²) in [5, 5.41) is 24.1. The first-order chi connectivity index (χ1) is 18.5. The number of hydrogen-bond acceptors (Lipinski definition) is 7. The SMILES string of the molecule is COc1ccc([C@H](C(=O)NC2CCCCC2)N(Cc2cccs2)C(=O)Cn2nnc3ccccc32)cc1O. The second-order valence-corrected chi connectivity index (χ2v) is 10.5. The number of aromatic nitrogens is 3. The average molecular weight is 534 g/mol. The van der Waals surface area contributed by atoms with Crippen LogP contribution >= 0.6 is 11.3 Å². The Morgan fingerprint density at radius 2 is 1.97 bits per heavy atom. The Morgan fingerprint density at radius 3 is 2.71 bits per heavy atom. The van der Waals surface area contributed by atoms with Gasteiger partial charge in [0.1, 0.15) is 18.1 Å². The van der Waals surface area contributed by atoms with Crippen molar-refractivity contribution >= 4 is 34.2 Å². The van der Waals surface area contributed by atoms with Crippen LogP contribution in [0.2, 0.25) is 0 Å². The van der Waals surface area contributed by atoms with Crippen molar-refractivity contribution in [2.45, 2.75) is 57.3 Å². The summed E-state index contributed by atoms with van der Waals surface area (Å²) in [7, 11) is 1.47. The van der Waals surface area contributed by atoms with Gasteiger partial charge >= 0.3 is 0 Å². The van der Waals surface area contributed by atoms with Crippen LogP contribution in [0.3, 0.4) is 0 Å². The topological polar surface area (TPSA) is 110 Å². The molecule has 9 nitrogen and oxygen atoms in total. The van der Waals surface area contributed by atoms with Crippen molar-refractivity contribution in [2.24, 2.45) is 0 Å². The van der Waals surface area contributed by atoms with Gasteiger partial charge in [0.15, 0.2) is 11.5 Å². The van der Waals surface area contributed by atoms with Crippen LogP contribution in [0.25, 0.3) is 11.0 Å². The molecule has 1 fully saturated rings. The second-order valence-electron chi connectivity index (χ2n) is 9.51. The quantitative estimate of drug-likeness (QED) is 0.330. The zero-order valence-corrected chi connectivity index (χ0v) is 22.1. The summed E-state index contributed by atoms with van der Waals surface area (Å²) in [6.45, 7) is 0.153. The highest BCUT2D eigenvalue weighted by Crippen LogP contribution is 2.33. The molecule has 38 heavy (non-hydrogen) atoms. The first-order valence-electron chi connectivity index (χ1n) is 12.8. The molecule has 2 heterocycles. The maximum atomic E-state index is 14.0. The van der Waals surface area contributed by atoms with E-state index < -0.39 is 6.04 Å². The number of amides is 2. The van der Waals surface area contributed by atoms with E-state index in [0.29, 0.717) is 16.8 Å². The fourth-order valence-electron chi connectivity index (χ4n) is 5.02. The van der Waals surface area contributed by atoms with E-state index in [1.807, 2.05) is 41.8 Å². The van der Waals surface area contributed by atoms with E-state index in [0.717, 1.165) is 42.5 Å². The molecule has 198 valence electrons. The van der Waals surface area contributed by atoms with Gasteiger partial charge in [-0.2, -0.15) is 0 Å². The van der Waals surface area contributed by atoms with Crippen molar-refractivity contribution < 1.29 is 19.4 Å². The molecule has 0 saturated heterocycles. The van der Waals surface area contributed by atoms with Crippen LogP contribution in [-0.2, 0) is 22.7 Å². The number of phenolic OH excluding ortho intramolecular Hbond substituents is 1. The number of thiophene rings is 1. The van der Waals surface area contributed by atoms with E-state index in [1.165, 1.54) is 24.5 Å². The molecule has 5 rings (SSSR count). The number of rotatable bonds is 9. The summed E-state index contributed by atoms with van der Waals surface area (Å²) >= 11 is 1.52. The van der Waals surface area contributed by atoms with Crippen LogP contribution in [-0.4, -0.2) is 50.0 Å². The minimum absolute atomic E-state index is 0.0588. The van der Waals surface area contributed by atoms with Crippen LogP contribution in [0.5, 0.6) is 11.5 Å². The Labute approximate surface area is 225 Å². The van der Waals surface area contributed by atoms with Gasteiger partial charge in [0.25, 0.3) is 0 Å². The lowest BCUT2D eigenvalue weighted by Crippen LogP contribution is -2.47. The summed E-state index contributed by atoms with van der Waals surface area (Å²) in [5.41, 5.74) is 1.93. The monoisotopic (exact) mass is 533 g/mol. The van der Waals surface area contributed by atoms with Crippen LogP contribution in [0, 0.1) is 0 Å². The fraction of sp³-hybridized carbons (Fsp3) is 0.357. The number of benzene rings is 2. The molecule has 1 atom stereocenters. The van der Waals surface area contributed by atoms with E-state index in [2.05, 4.69) is 15.6 Å². The number of carbonyl (C=O) groups is 2. The molecule has 0 unspecified atom stereocenters. The maximum Gasteiger partial charge on any atom is 0.247 e. The van der Waals surface area contributed by atoms with Gasteiger partial charge < -0.3 is 20.1 Å². The molecule has 0 spiro atoms. The Hall–Kier alpha value is -3.92. The largest absolute Gasteiger partial charge is 0.504 e. The lowest BCUT2D eigenvalue weighted by Gasteiger charge is -2.33. The summed E-state index contributed by atoms with van der Waals surface area (Å²) in [6.07, 6.45) is 5.12. The molecule has 1 aliphatic carbocycles. The number of phenols is 1. The Kier molecular flexibility index (Phi) is 7.88. The molecule has 2 aromatic carbocycles. The van der Waals surface area contributed by atoms with E-state index >= 15 is 0 Å². The summed E-state index contributed by atoms with van der Waals surface area (Å²) in [4.78, 5) is 30.4. The van der Waals surface area contributed by atoms with Crippen molar-refractivity contribution in [2.75, 3.05) is 7.11 Å². The highest BCUT2D eigenvalue weighted by Gasteiger charge is 2.34. The molecule has 0 aliphatic heterocycles. The third kappa shape index (κ3) is 5.65. The van der Waals surface area contributed by atoms with E-state index in [4.69, 9.17) is 4.74 Å². The smallest absolute Gasteiger partial charge is 0.247 e. The number of ether oxygens (including phenoxy) is 1. The Bertz CT molecular complexity index is 1400. The molecule has 2 amide bonds. The first-order valence-corrected chi connectivity index (χ1v) is 13.7. The Balaban J connectivity index is 1.52. The molecule has 2 aromatic heterocycles.